The van der Waals surface area contributed by atoms with Crippen molar-refractivity contribution < 1.29 is 19.1 Å². The second-order valence-electron chi connectivity index (χ2n) is 5.04. The fraction of sp³-hybridized carbons (Fsp3) is 0.529. The molecule has 0 bridgehead atoms. The third-order valence-corrected chi connectivity index (χ3v) is 3.72. The number of esters is 2. The van der Waals surface area contributed by atoms with Crippen LogP contribution in [0.5, 0.6) is 0 Å². The molecule has 116 valence electrons. The summed E-state index contributed by atoms with van der Waals surface area (Å²) in [6.07, 6.45) is 0. The molecular weight excluding hydrogens is 268 g/mol. The highest BCUT2D eigenvalue weighted by Gasteiger charge is 2.37. The lowest BCUT2D eigenvalue weighted by Crippen LogP contribution is -2.35. The van der Waals surface area contributed by atoms with E-state index in [4.69, 9.17) is 9.47 Å². The highest BCUT2D eigenvalue weighted by molar-refractivity contribution is 5.95. The van der Waals surface area contributed by atoms with Gasteiger partial charge in [0, 0.05) is 0 Å². The molecule has 21 heavy (non-hydrogen) atoms. The molecule has 1 aromatic carbocycles. The zero-order chi connectivity index (χ0) is 15.8. The summed E-state index contributed by atoms with van der Waals surface area (Å²) in [5.74, 6) is -2.06. The number of carbonyl (C=O) groups is 2. The van der Waals surface area contributed by atoms with Gasteiger partial charge in [0.25, 0.3) is 0 Å². The Hall–Kier alpha value is -1.84. The third kappa shape index (κ3) is 4.59. The molecule has 0 saturated carbocycles. The van der Waals surface area contributed by atoms with Crippen molar-refractivity contribution in [2.45, 2.75) is 33.6 Å². The van der Waals surface area contributed by atoms with Crippen molar-refractivity contribution in [3.63, 3.8) is 0 Å². The summed E-state index contributed by atoms with van der Waals surface area (Å²) in [6.45, 7) is 7.85. The van der Waals surface area contributed by atoms with Crippen molar-refractivity contribution in [3.05, 3.63) is 35.9 Å². The fourth-order valence-electron chi connectivity index (χ4n) is 2.34. The summed E-state index contributed by atoms with van der Waals surface area (Å²) in [6, 6.07) is 9.82. The van der Waals surface area contributed by atoms with Crippen LogP contribution in [-0.2, 0) is 19.1 Å². The Morgan fingerprint density at radius 2 is 1.43 bits per heavy atom. The van der Waals surface area contributed by atoms with E-state index in [9.17, 15) is 9.59 Å². The average molecular weight is 292 g/mol. The zero-order valence-electron chi connectivity index (χ0n) is 13.2. The Labute approximate surface area is 126 Å². The standard InChI is InChI=1S/C17H24O4/c1-5-20-16(18)15(17(19)21-6-2)13(4)12(3)14-10-8-7-9-11-14/h7-13,15H,5-6H2,1-4H3/t12-,13+/m0/s1. The van der Waals surface area contributed by atoms with Crippen molar-refractivity contribution in [2.75, 3.05) is 13.2 Å². The van der Waals surface area contributed by atoms with E-state index < -0.39 is 17.9 Å². The molecule has 4 nitrogen and oxygen atoms in total. The normalized spacial score (nSPS) is 13.6. The van der Waals surface area contributed by atoms with Crippen LogP contribution in [0, 0.1) is 11.8 Å². The van der Waals surface area contributed by atoms with E-state index in [2.05, 4.69) is 0 Å². The summed E-state index contributed by atoms with van der Waals surface area (Å²) in [5, 5.41) is 0. The first kappa shape index (κ1) is 17.2. The van der Waals surface area contributed by atoms with Gasteiger partial charge in [0.2, 0.25) is 0 Å². The maximum Gasteiger partial charge on any atom is 0.320 e. The largest absolute Gasteiger partial charge is 0.465 e. The first-order valence-electron chi connectivity index (χ1n) is 7.41. The minimum atomic E-state index is -0.889. The Balaban J connectivity index is 2.96. The lowest BCUT2D eigenvalue weighted by atomic mass is 9.80. The predicted molar refractivity (Wildman–Crippen MR) is 80.8 cm³/mol. The smallest absolute Gasteiger partial charge is 0.320 e. The van der Waals surface area contributed by atoms with Crippen molar-refractivity contribution in [1.29, 1.82) is 0 Å². The summed E-state index contributed by atoms with van der Waals surface area (Å²) >= 11 is 0. The first-order chi connectivity index (χ1) is 10.0. The Kier molecular flexibility index (Phi) is 6.92. The van der Waals surface area contributed by atoms with Gasteiger partial charge < -0.3 is 9.47 Å². The molecule has 4 heteroatoms. The molecule has 0 aromatic heterocycles. The van der Waals surface area contributed by atoms with Gasteiger partial charge in [0.05, 0.1) is 13.2 Å². The van der Waals surface area contributed by atoms with Crippen LogP contribution in [0.3, 0.4) is 0 Å². The molecule has 0 fully saturated rings. The van der Waals surface area contributed by atoms with Crippen LogP contribution in [0.4, 0.5) is 0 Å². The number of benzene rings is 1. The van der Waals surface area contributed by atoms with Gasteiger partial charge in [0.1, 0.15) is 0 Å². The lowest BCUT2D eigenvalue weighted by Gasteiger charge is -2.26. The van der Waals surface area contributed by atoms with Crippen molar-refractivity contribution in [1.82, 2.24) is 0 Å². The molecule has 0 heterocycles. The van der Waals surface area contributed by atoms with Crippen LogP contribution < -0.4 is 0 Å². The molecule has 0 amide bonds. The zero-order valence-corrected chi connectivity index (χ0v) is 13.2. The maximum absolute atomic E-state index is 12.1. The monoisotopic (exact) mass is 292 g/mol. The van der Waals surface area contributed by atoms with E-state index in [-0.39, 0.29) is 25.0 Å². The number of ether oxygens (including phenoxy) is 2. The number of rotatable bonds is 7. The van der Waals surface area contributed by atoms with E-state index in [1.807, 2.05) is 44.2 Å². The van der Waals surface area contributed by atoms with E-state index >= 15 is 0 Å². The van der Waals surface area contributed by atoms with Crippen LogP contribution in [-0.4, -0.2) is 25.2 Å². The average Bonchev–Trinajstić information content (AvgIpc) is 2.48. The highest BCUT2D eigenvalue weighted by Crippen LogP contribution is 2.31. The van der Waals surface area contributed by atoms with Gasteiger partial charge >= 0.3 is 11.9 Å². The van der Waals surface area contributed by atoms with Crippen molar-refractivity contribution in [2.24, 2.45) is 11.8 Å². The topological polar surface area (TPSA) is 52.6 Å². The molecule has 0 aliphatic heterocycles. The third-order valence-electron chi connectivity index (χ3n) is 3.72. The van der Waals surface area contributed by atoms with E-state index in [0.29, 0.717) is 0 Å². The molecule has 0 aliphatic rings. The molecule has 1 rings (SSSR count). The molecule has 0 saturated heterocycles. The van der Waals surface area contributed by atoms with Gasteiger partial charge in [-0.1, -0.05) is 44.2 Å². The van der Waals surface area contributed by atoms with E-state index in [1.165, 1.54) is 0 Å². The Bertz CT molecular complexity index is 437. The quantitative estimate of drug-likeness (QED) is 0.572. The van der Waals surface area contributed by atoms with Gasteiger partial charge in [-0.3, -0.25) is 9.59 Å². The molecule has 2 atom stereocenters. The molecule has 0 unspecified atom stereocenters. The maximum atomic E-state index is 12.1. The lowest BCUT2D eigenvalue weighted by molar-refractivity contribution is -0.164. The van der Waals surface area contributed by atoms with Crippen molar-refractivity contribution in [3.8, 4) is 0 Å². The van der Waals surface area contributed by atoms with E-state index in [0.717, 1.165) is 5.56 Å². The molecule has 1 aromatic rings. The first-order valence-corrected chi connectivity index (χ1v) is 7.41. The molecule has 0 aliphatic carbocycles. The minimum absolute atomic E-state index is 0.0463. The Morgan fingerprint density at radius 3 is 1.86 bits per heavy atom. The highest BCUT2D eigenvalue weighted by atomic mass is 16.6. The number of carbonyl (C=O) groups excluding carboxylic acids is 2. The summed E-state index contributed by atoms with van der Waals surface area (Å²) in [5.41, 5.74) is 1.09. The number of hydrogen-bond acceptors (Lipinski definition) is 4. The van der Waals surface area contributed by atoms with Crippen LogP contribution in [0.2, 0.25) is 0 Å². The van der Waals surface area contributed by atoms with Gasteiger partial charge in [-0.25, -0.2) is 0 Å². The van der Waals surface area contributed by atoms with Crippen LogP contribution in [0.15, 0.2) is 30.3 Å². The fourth-order valence-corrected chi connectivity index (χ4v) is 2.34. The van der Waals surface area contributed by atoms with Gasteiger partial charge in [0.15, 0.2) is 5.92 Å². The summed E-state index contributed by atoms with van der Waals surface area (Å²) in [4.78, 5) is 24.2. The van der Waals surface area contributed by atoms with E-state index in [1.54, 1.807) is 13.8 Å². The molecular formula is C17H24O4. The Morgan fingerprint density at radius 1 is 0.952 bits per heavy atom. The van der Waals surface area contributed by atoms with Crippen molar-refractivity contribution >= 4 is 11.9 Å². The number of hydrogen-bond donors (Lipinski definition) is 0. The second kappa shape index (κ2) is 8.45. The summed E-state index contributed by atoms with van der Waals surface area (Å²) < 4.78 is 10.1. The molecule has 0 radical (unpaired) electrons. The second-order valence-corrected chi connectivity index (χ2v) is 5.04. The molecule has 0 spiro atoms. The molecule has 0 N–H and O–H groups in total. The van der Waals surface area contributed by atoms with Crippen LogP contribution in [0.25, 0.3) is 0 Å². The van der Waals surface area contributed by atoms with Gasteiger partial charge in [-0.2, -0.15) is 0 Å². The summed E-state index contributed by atoms with van der Waals surface area (Å²) in [7, 11) is 0. The minimum Gasteiger partial charge on any atom is -0.465 e. The SMILES string of the molecule is CCOC(=O)C(C(=O)OCC)[C@H](C)[C@H](C)c1ccccc1. The van der Waals surface area contributed by atoms with Gasteiger partial charge in [-0.05, 0) is 31.2 Å². The van der Waals surface area contributed by atoms with Crippen LogP contribution in [0.1, 0.15) is 39.2 Å². The van der Waals surface area contributed by atoms with Crippen LogP contribution >= 0.6 is 0 Å². The van der Waals surface area contributed by atoms with Gasteiger partial charge in [-0.15, -0.1) is 0 Å². The predicted octanol–water partition coefficient (Wildman–Crippen LogP) is 3.17.